The van der Waals surface area contributed by atoms with Crippen molar-refractivity contribution in [3.63, 3.8) is 0 Å². The highest BCUT2D eigenvalue weighted by Gasteiger charge is 2.37. The lowest BCUT2D eigenvalue weighted by Gasteiger charge is -2.37. The van der Waals surface area contributed by atoms with Gasteiger partial charge >= 0.3 is 0 Å². The zero-order valence-corrected chi connectivity index (χ0v) is 12.2. The molecular weight excluding hydrogens is 232 g/mol. The second kappa shape index (κ2) is 5.64. The van der Waals surface area contributed by atoms with Crippen LogP contribution < -0.4 is 5.32 Å². The van der Waals surface area contributed by atoms with Crippen molar-refractivity contribution in [2.45, 2.75) is 57.2 Å². The number of nitrogens with one attached hydrogen (secondary N) is 1. The average molecular weight is 258 g/mol. The minimum Gasteiger partial charge on any atom is -0.312 e. The van der Waals surface area contributed by atoms with Gasteiger partial charge in [-0.1, -0.05) is 44.0 Å². The Kier molecular flexibility index (Phi) is 3.90. The van der Waals surface area contributed by atoms with Crippen molar-refractivity contribution in [3.05, 3.63) is 35.4 Å². The maximum Gasteiger partial charge on any atom is 0.0481 e. The quantitative estimate of drug-likeness (QED) is 0.892. The van der Waals surface area contributed by atoms with Crippen LogP contribution in [0.5, 0.6) is 0 Å². The van der Waals surface area contributed by atoms with E-state index < -0.39 is 0 Å². The summed E-state index contributed by atoms with van der Waals surface area (Å²) in [5.41, 5.74) is 3.06. The van der Waals surface area contributed by atoms with E-state index in [-0.39, 0.29) is 0 Å². The molecule has 1 aromatic carbocycles. The minimum absolute atomic E-state index is 0.511. The molecule has 1 fully saturated rings. The van der Waals surface area contributed by atoms with Crippen LogP contribution in [0.2, 0.25) is 0 Å². The van der Waals surface area contributed by atoms with E-state index in [1.54, 1.807) is 5.56 Å². The molecule has 1 aromatic rings. The van der Waals surface area contributed by atoms with Crippen molar-refractivity contribution in [1.82, 2.24) is 10.2 Å². The van der Waals surface area contributed by atoms with Crippen LogP contribution in [0.25, 0.3) is 0 Å². The third kappa shape index (κ3) is 2.32. The molecule has 2 aliphatic rings. The van der Waals surface area contributed by atoms with Gasteiger partial charge in [0.2, 0.25) is 0 Å². The summed E-state index contributed by atoms with van der Waals surface area (Å²) in [5.74, 6) is 0. The number of hydrogen-bond donors (Lipinski definition) is 1. The Morgan fingerprint density at radius 3 is 2.63 bits per heavy atom. The summed E-state index contributed by atoms with van der Waals surface area (Å²) < 4.78 is 0. The highest BCUT2D eigenvalue weighted by Crippen LogP contribution is 2.37. The fourth-order valence-electron chi connectivity index (χ4n) is 4.23. The first-order valence-corrected chi connectivity index (χ1v) is 7.86. The Morgan fingerprint density at radius 2 is 1.95 bits per heavy atom. The molecule has 19 heavy (non-hydrogen) atoms. The zero-order chi connectivity index (χ0) is 13.2. The Bertz CT molecular complexity index is 423. The second-order valence-electron chi connectivity index (χ2n) is 6.01. The van der Waals surface area contributed by atoms with Gasteiger partial charge in [0.1, 0.15) is 0 Å². The van der Waals surface area contributed by atoms with Crippen molar-refractivity contribution in [2.75, 3.05) is 13.6 Å². The number of nitrogens with zero attached hydrogens (tertiary/aromatic N) is 1. The molecule has 0 bridgehead atoms. The minimum atomic E-state index is 0.511. The van der Waals surface area contributed by atoms with E-state index in [1.165, 1.54) is 44.2 Å². The SMILES string of the molecule is CCN(C1CCCC1)C1Cc2ccccc2C1NC. The molecule has 0 saturated heterocycles. The first-order chi connectivity index (χ1) is 9.35. The third-order valence-corrected chi connectivity index (χ3v) is 5.10. The summed E-state index contributed by atoms with van der Waals surface area (Å²) in [5, 5.41) is 3.57. The molecular formula is C17H26N2. The summed E-state index contributed by atoms with van der Waals surface area (Å²) in [6.45, 7) is 3.51. The van der Waals surface area contributed by atoms with Gasteiger partial charge in [0.15, 0.2) is 0 Å². The number of benzene rings is 1. The van der Waals surface area contributed by atoms with E-state index in [9.17, 15) is 0 Å². The van der Waals surface area contributed by atoms with Gasteiger partial charge in [0.25, 0.3) is 0 Å². The number of hydrogen-bond acceptors (Lipinski definition) is 2. The van der Waals surface area contributed by atoms with Crippen molar-refractivity contribution >= 4 is 0 Å². The topological polar surface area (TPSA) is 15.3 Å². The number of fused-ring (bicyclic) bond motifs is 1. The normalized spacial score (nSPS) is 27.1. The number of rotatable bonds is 4. The molecule has 0 spiro atoms. The van der Waals surface area contributed by atoms with Crippen LogP contribution >= 0.6 is 0 Å². The van der Waals surface area contributed by atoms with Crippen molar-refractivity contribution in [3.8, 4) is 0 Å². The van der Waals surface area contributed by atoms with Gasteiger partial charge in [-0.2, -0.15) is 0 Å². The van der Waals surface area contributed by atoms with Crippen LogP contribution in [0.1, 0.15) is 49.8 Å². The lowest BCUT2D eigenvalue weighted by atomic mass is 10.0. The van der Waals surface area contributed by atoms with Gasteiger partial charge in [-0.3, -0.25) is 4.90 Å². The van der Waals surface area contributed by atoms with Crippen molar-refractivity contribution < 1.29 is 0 Å². The second-order valence-corrected chi connectivity index (χ2v) is 6.01. The smallest absolute Gasteiger partial charge is 0.0481 e. The Morgan fingerprint density at radius 1 is 1.21 bits per heavy atom. The van der Waals surface area contributed by atoms with Crippen LogP contribution in [-0.2, 0) is 6.42 Å². The fraction of sp³-hybridized carbons (Fsp3) is 0.647. The number of likely N-dealkylation sites (N-methyl/N-ethyl adjacent to an activating group) is 2. The molecule has 0 radical (unpaired) electrons. The molecule has 0 heterocycles. The molecule has 2 unspecified atom stereocenters. The lowest BCUT2D eigenvalue weighted by Crippen LogP contribution is -2.46. The fourth-order valence-corrected chi connectivity index (χ4v) is 4.23. The van der Waals surface area contributed by atoms with Crippen molar-refractivity contribution in [1.29, 1.82) is 0 Å². The van der Waals surface area contributed by atoms with Gasteiger partial charge in [-0.05, 0) is 44.0 Å². The standard InChI is InChI=1S/C17H26N2/c1-3-19(14-9-5-6-10-14)16-12-13-8-4-7-11-15(13)17(16)18-2/h4,7-8,11,14,16-18H,3,5-6,9-10,12H2,1-2H3. The molecule has 2 atom stereocenters. The van der Waals surface area contributed by atoms with Crippen molar-refractivity contribution in [2.24, 2.45) is 0 Å². The van der Waals surface area contributed by atoms with Crippen LogP contribution in [0.15, 0.2) is 24.3 Å². The van der Waals surface area contributed by atoms with E-state index >= 15 is 0 Å². The maximum absolute atomic E-state index is 3.57. The predicted octanol–water partition coefficient (Wildman–Crippen LogP) is 3.14. The molecule has 0 amide bonds. The molecule has 0 aliphatic heterocycles. The molecule has 104 valence electrons. The summed E-state index contributed by atoms with van der Waals surface area (Å²) in [7, 11) is 2.11. The lowest BCUT2D eigenvalue weighted by molar-refractivity contribution is 0.122. The van der Waals surface area contributed by atoms with Gasteiger partial charge < -0.3 is 5.32 Å². The highest BCUT2D eigenvalue weighted by atomic mass is 15.2. The van der Waals surface area contributed by atoms with Crippen LogP contribution in [-0.4, -0.2) is 30.6 Å². The first-order valence-electron chi connectivity index (χ1n) is 7.86. The molecule has 2 heteroatoms. The highest BCUT2D eigenvalue weighted by molar-refractivity contribution is 5.37. The maximum atomic E-state index is 3.57. The van der Waals surface area contributed by atoms with Gasteiger partial charge in [-0.15, -0.1) is 0 Å². The zero-order valence-electron chi connectivity index (χ0n) is 12.2. The van der Waals surface area contributed by atoms with E-state index in [0.29, 0.717) is 12.1 Å². The van der Waals surface area contributed by atoms with Crippen LogP contribution in [0.4, 0.5) is 0 Å². The molecule has 1 saturated carbocycles. The Hall–Kier alpha value is -0.860. The van der Waals surface area contributed by atoms with Gasteiger partial charge in [-0.25, -0.2) is 0 Å². The summed E-state index contributed by atoms with van der Waals surface area (Å²) in [6, 6.07) is 10.9. The van der Waals surface area contributed by atoms with E-state index in [0.717, 1.165) is 6.04 Å². The van der Waals surface area contributed by atoms with Gasteiger partial charge in [0, 0.05) is 18.1 Å². The van der Waals surface area contributed by atoms with Crippen LogP contribution in [0, 0.1) is 0 Å². The third-order valence-electron chi connectivity index (χ3n) is 5.10. The van der Waals surface area contributed by atoms with E-state index in [1.807, 2.05) is 0 Å². The summed E-state index contributed by atoms with van der Waals surface area (Å²) in [6.07, 6.45) is 6.86. The predicted molar refractivity (Wildman–Crippen MR) is 80.4 cm³/mol. The Labute approximate surface area is 117 Å². The van der Waals surface area contributed by atoms with E-state index in [2.05, 4.69) is 48.5 Å². The molecule has 3 rings (SSSR count). The van der Waals surface area contributed by atoms with Gasteiger partial charge in [0.05, 0.1) is 0 Å². The summed E-state index contributed by atoms with van der Waals surface area (Å²) in [4.78, 5) is 2.77. The largest absolute Gasteiger partial charge is 0.312 e. The summed E-state index contributed by atoms with van der Waals surface area (Å²) >= 11 is 0. The monoisotopic (exact) mass is 258 g/mol. The molecule has 1 N–H and O–H groups in total. The average Bonchev–Trinajstić information content (AvgIpc) is 3.07. The molecule has 2 aliphatic carbocycles. The Balaban J connectivity index is 1.84. The molecule has 0 aromatic heterocycles. The first kappa shape index (κ1) is 13.1. The molecule has 2 nitrogen and oxygen atoms in total. The van der Waals surface area contributed by atoms with E-state index in [4.69, 9.17) is 0 Å². The van der Waals surface area contributed by atoms with Crippen LogP contribution in [0.3, 0.4) is 0 Å².